The van der Waals surface area contributed by atoms with E-state index in [2.05, 4.69) is 10.2 Å². The number of benzene rings is 2. The SMILES string of the molecule is CCOc1ccc(Cl)cc1C(c1cc(C(F)(F)F)ccc1Cl)N1CCCNCC1. The smallest absolute Gasteiger partial charge is 0.416 e. The van der Waals surface area contributed by atoms with E-state index in [1.165, 1.54) is 6.07 Å². The molecule has 3 rings (SSSR count). The summed E-state index contributed by atoms with van der Waals surface area (Å²) in [6.45, 7) is 5.25. The highest BCUT2D eigenvalue weighted by molar-refractivity contribution is 6.31. The van der Waals surface area contributed by atoms with Gasteiger partial charge in [-0.25, -0.2) is 0 Å². The third kappa shape index (κ3) is 5.37. The number of hydrogen-bond donors (Lipinski definition) is 1. The molecule has 1 aliphatic heterocycles. The van der Waals surface area contributed by atoms with Gasteiger partial charge in [-0.05, 0) is 61.9 Å². The van der Waals surface area contributed by atoms with Crippen LogP contribution in [0.5, 0.6) is 5.75 Å². The second-order valence-electron chi connectivity index (χ2n) is 6.89. The van der Waals surface area contributed by atoms with E-state index >= 15 is 0 Å². The molecule has 1 fully saturated rings. The molecule has 2 aromatic rings. The van der Waals surface area contributed by atoms with Crippen molar-refractivity contribution in [3.8, 4) is 5.75 Å². The van der Waals surface area contributed by atoms with Crippen LogP contribution < -0.4 is 10.1 Å². The second-order valence-corrected chi connectivity index (χ2v) is 7.73. The Morgan fingerprint density at radius 3 is 2.59 bits per heavy atom. The van der Waals surface area contributed by atoms with Crippen molar-refractivity contribution < 1.29 is 17.9 Å². The number of nitrogens with one attached hydrogen (secondary N) is 1. The van der Waals surface area contributed by atoms with E-state index < -0.39 is 17.8 Å². The predicted octanol–water partition coefficient (Wildman–Crippen LogP) is 5.80. The highest BCUT2D eigenvalue weighted by atomic mass is 35.5. The minimum absolute atomic E-state index is 0.280. The fourth-order valence-electron chi connectivity index (χ4n) is 3.64. The quantitative estimate of drug-likeness (QED) is 0.628. The van der Waals surface area contributed by atoms with Crippen molar-refractivity contribution in [1.29, 1.82) is 0 Å². The zero-order chi connectivity index (χ0) is 21.0. The largest absolute Gasteiger partial charge is 0.494 e. The van der Waals surface area contributed by atoms with Crippen LogP contribution in [0.1, 0.15) is 36.1 Å². The van der Waals surface area contributed by atoms with Crippen molar-refractivity contribution in [2.45, 2.75) is 25.6 Å². The summed E-state index contributed by atoms with van der Waals surface area (Å²) in [4.78, 5) is 2.13. The number of nitrogens with zero attached hydrogens (tertiary/aromatic N) is 1. The Morgan fingerprint density at radius 1 is 1.07 bits per heavy atom. The van der Waals surface area contributed by atoms with Crippen LogP contribution in [0.15, 0.2) is 36.4 Å². The summed E-state index contributed by atoms with van der Waals surface area (Å²) in [6.07, 6.45) is -3.58. The van der Waals surface area contributed by atoms with Gasteiger partial charge in [0.25, 0.3) is 0 Å². The van der Waals surface area contributed by atoms with Crippen LogP contribution in [0.4, 0.5) is 13.2 Å². The summed E-state index contributed by atoms with van der Waals surface area (Å²) < 4.78 is 46.1. The minimum Gasteiger partial charge on any atom is -0.494 e. The molecule has 0 amide bonds. The van der Waals surface area contributed by atoms with Gasteiger partial charge in [0.15, 0.2) is 0 Å². The van der Waals surface area contributed by atoms with Gasteiger partial charge in [-0.1, -0.05) is 23.2 Å². The predicted molar refractivity (Wildman–Crippen MR) is 110 cm³/mol. The van der Waals surface area contributed by atoms with Gasteiger partial charge in [-0.15, -0.1) is 0 Å². The summed E-state index contributed by atoms with van der Waals surface area (Å²) in [5.74, 6) is 0.590. The van der Waals surface area contributed by atoms with Crippen molar-refractivity contribution in [2.75, 3.05) is 32.8 Å². The average molecular weight is 447 g/mol. The fraction of sp³-hybridized carbons (Fsp3) is 0.429. The van der Waals surface area contributed by atoms with Gasteiger partial charge in [0.2, 0.25) is 0 Å². The van der Waals surface area contributed by atoms with E-state index in [4.69, 9.17) is 27.9 Å². The zero-order valence-corrected chi connectivity index (χ0v) is 17.5. The maximum Gasteiger partial charge on any atom is 0.416 e. The minimum atomic E-state index is -4.46. The lowest BCUT2D eigenvalue weighted by Crippen LogP contribution is -2.33. The molecule has 3 nitrogen and oxygen atoms in total. The molecule has 1 saturated heterocycles. The normalized spacial score (nSPS) is 17.0. The van der Waals surface area contributed by atoms with Gasteiger partial charge in [0, 0.05) is 35.2 Å². The molecule has 0 bridgehead atoms. The summed E-state index contributed by atoms with van der Waals surface area (Å²) in [6, 6.07) is 8.18. The van der Waals surface area contributed by atoms with E-state index in [0.29, 0.717) is 41.6 Å². The van der Waals surface area contributed by atoms with Crippen LogP contribution in [0.25, 0.3) is 0 Å². The molecule has 0 aliphatic carbocycles. The highest BCUT2D eigenvalue weighted by Gasteiger charge is 2.34. The number of halogens is 5. The Balaban J connectivity index is 2.19. The number of rotatable bonds is 5. The van der Waals surface area contributed by atoms with Gasteiger partial charge in [0.05, 0.1) is 18.2 Å². The molecule has 8 heteroatoms. The van der Waals surface area contributed by atoms with Crippen LogP contribution in [-0.4, -0.2) is 37.7 Å². The molecular formula is C21H23Cl2F3N2O. The first-order valence-electron chi connectivity index (χ1n) is 9.55. The molecule has 1 heterocycles. The molecular weight excluding hydrogens is 424 g/mol. The van der Waals surface area contributed by atoms with Gasteiger partial charge < -0.3 is 10.1 Å². The van der Waals surface area contributed by atoms with Crippen LogP contribution in [0, 0.1) is 0 Å². The van der Waals surface area contributed by atoms with Crippen molar-refractivity contribution in [3.63, 3.8) is 0 Å². The second kappa shape index (κ2) is 9.56. The van der Waals surface area contributed by atoms with Gasteiger partial charge in [-0.2, -0.15) is 13.2 Å². The van der Waals surface area contributed by atoms with E-state index in [0.717, 1.165) is 31.6 Å². The maximum atomic E-state index is 13.4. The first-order chi connectivity index (χ1) is 13.8. The van der Waals surface area contributed by atoms with Crippen molar-refractivity contribution in [3.05, 3.63) is 63.1 Å². The Bertz CT molecular complexity index is 837. The van der Waals surface area contributed by atoms with Gasteiger partial charge >= 0.3 is 6.18 Å². The maximum absolute atomic E-state index is 13.4. The van der Waals surface area contributed by atoms with Crippen molar-refractivity contribution in [1.82, 2.24) is 10.2 Å². The molecule has 1 aliphatic rings. The van der Waals surface area contributed by atoms with E-state index in [-0.39, 0.29) is 5.02 Å². The van der Waals surface area contributed by atoms with Crippen LogP contribution in [-0.2, 0) is 6.18 Å². The van der Waals surface area contributed by atoms with Crippen LogP contribution >= 0.6 is 23.2 Å². The van der Waals surface area contributed by atoms with Crippen molar-refractivity contribution >= 4 is 23.2 Å². The first-order valence-corrected chi connectivity index (χ1v) is 10.3. The summed E-state index contributed by atoms with van der Waals surface area (Å²) in [7, 11) is 0. The zero-order valence-electron chi connectivity index (χ0n) is 16.0. The van der Waals surface area contributed by atoms with Gasteiger partial charge in [-0.3, -0.25) is 4.90 Å². The monoisotopic (exact) mass is 446 g/mol. The lowest BCUT2D eigenvalue weighted by Gasteiger charge is -2.33. The number of hydrogen-bond acceptors (Lipinski definition) is 3. The summed E-state index contributed by atoms with van der Waals surface area (Å²) in [5, 5.41) is 4.09. The Hall–Kier alpha value is -1.47. The number of alkyl halides is 3. The lowest BCUT2D eigenvalue weighted by molar-refractivity contribution is -0.137. The van der Waals surface area contributed by atoms with E-state index in [1.807, 2.05) is 6.92 Å². The molecule has 1 atom stereocenters. The highest BCUT2D eigenvalue weighted by Crippen LogP contribution is 2.41. The molecule has 158 valence electrons. The van der Waals surface area contributed by atoms with E-state index in [9.17, 15) is 13.2 Å². The summed E-state index contributed by atoms with van der Waals surface area (Å²) in [5.41, 5.74) is 0.379. The molecule has 29 heavy (non-hydrogen) atoms. The lowest BCUT2D eigenvalue weighted by atomic mass is 9.94. The molecule has 0 aromatic heterocycles. The molecule has 1 N–H and O–H groups in total. The Morgan fingerprint density at radius 2 is 1.86 bits per heavy atom. The van der Waals surface area contributed by atoms with Crippen molar-refractivity contribution in [2.24, 2.45) is 0 Å². The molecule has 2 aromatic carbocycles. The summed E-state index contributed by atoms with van der Waals surface area (Å²) >= 11 is 12.7. The molecule has 0 saturated carbocycles. The first kappa shape index (κ1) is 22.2. The molecule has 1 unspecified atom stereocenters. The average Bonchev–Trinajstić information content (AvgIpc) is 2.94. The fourth-order valence-corrected chi connectivity index (χ4v) is 4.04. The standard InChI is InChI=1S/C21H23Cl2F3N2O/c1-2-29-19-7-5-15(22)13-17(19)20(28-10-3-8-27-9-11-28)16-12-14(21(24,25)26)4-6-18(16)23/h4-7,12-13,20,27H,2-3,8-11H2,1H3. The third-order valence-electron chi connectivity index (χ3n) is 4.92. The molecule has 0 radical (unpaired) electrons. The molecule has 0 spiro atoms. The van der Waals surface area contributed by atoms with Crippen LogP contribution in [0.2, 0.25) is 10.0 Å². The van der Waals surface area contributed by atoms with E-state index in [1.54, 1.807) is 18.2 Å². The number of ether oxygens (including phenoxy) is 1. The third-order valence-corrected chi connectivity index (χ3v) is 5.50. The van der Waals surface area contributed by atoms with Gasteiger partial charge in [0.1, 0.15) is 5.75 Å². The van der Waals surface area contributed by atoms with Crippen LogP contribution in [0.3, 0.4) is 0 Å². The topological polar surface area (TPSA) is 24.5 Å². The Kier molecular flexibility index (Phi) is 7.32. The Labute approximate surface area is 178 Å².